The average molecular weight is 517 g/mol. The van der Waals surface area contributed by atoms with Crippen LogP contribution in [-0.4, -0.2) is 32.7 Å². The van der Waals surface area contributed by atoms with Crippen LogP contribution in [-0.2, 0) is 11.4 Å². The van der Waals surface area contributed by atoms with E-state index in [0.29, 0.717) is 52.6 Å². The molecule has 10 heteroatoms. The van der Waals surface area contributed by atoms with Crippen molar-refractivity contribution in [3.63, 3.8) is 0 Å². The Kier molecular flexibility index (Phi) is 7.04. The second-order valence-corrected chi connectivity index (χ2v) is 8.75. The summed E-state index contributed by atoms with van der Waals surface area (Å²) in [6.07, 6.45) is 0. The number of amides is 1. The second-order valence-electron chi connectivity index (χ2n) is 8.35. The molecular weight excluding hydrogens is 492 g/mol. The number of hydrogen-bond acceptors (Lipinski definition) is 7. The standard InChI is InChI=1S/C27H25ClN6O3/c1-3-36-23-11-7-6-10-22(23)30-26(35)24-17(2)29-27-31-32-33-34(27)25(24)18-12-14-20(15-13-18)37-16-19-8-4-5-9-21(19)28/h4-15,25H,3,16H2,1-2H3,(H,30,35)(H,29,31,33). The minimum Gasteiger partial charge on any atom is -0.492 e. The number of nitrogens with zero attached hydrogens (tertiary/aromatic N) is 4. The molecule has 1 aliphatic rings. The number of carbonyl (C=O) groups excluding carboxylic acids is 1. The summed E-state index contributed by atoms with van der Waals surface area (Å²) in [5, 5.41) is 18.8. The summed E-state index contributed by atoms with van der Waals surface area (Å²) < 4.78 is 13.2. The van der Waals surface area contributed by atoms with E-state index in [0.717, 1.165) is 11.1 Å². The minimum atomic E-state index is -0.553. The third-order valence-electron chi connectivity index (χ3n) is 5.94. The van der Waals surface area contributed by atoms with Crippen LogP contribution in [0.4, 0.5) is 11.6 Å². The fourth-order valence-corrected chi connectivity index (χ4v) is 4.37. The zero-order valence-corrected chi connectivity index (χ0v) is 21.1. The molecule has 37 heavy (non-hydrogen) atoms. The van der Waals surface area contributed by atoms with E-state index in [-0.39, 0.29) is 5.91 Å². The van der Waals surface area contributed by atoms with Crippen LogP contribution in [0.2, 0.25) is 5.02 Å². The van der Waals surface area contributed by atoms with Crippen LogP contribution in [0, 0.1) is 0 Å². The molecule has 1 aromatic heterocycles. The van der Waals surface area contributed by atoms with Gasteiger partial charge < -0.3 is 20.1 Å². The van der Waals surface area contributed by atoms with Gasteiger partial charge in [-0.05, 0) is 60.2 Å². The molecular formula is C27H25ClN6O3. The highest BCUT2D eigenvalue weighted by molar-refractivity contribution is 6.31. The number of para-hydroxylation sites is 2. The van der Waals surface area contributed by atoms with Crippen molar-refractivity contribution in [1.82, 2.24) is 20.2 Å². The molecule has 5 rings (SSSR count). The fourth-order valence-electron chi connectivity index (χ4n) is 4.18. The van der Waals surface area contributed by atoms with Gasteiger partial charge in [0.1, 0.15) is 24.1 Å². The molecule has 0 radical (unpaired) electrons. The molecule has 9 nitrogen and oxygen atoms in total. The molecule has 0 bridgehead atoms. The topological polar surface area (TPSA) is 103 Å². The summed E-state index contributed by atoms with van der Waals surface area (Å²) in [5.41, 5.74) is 3.44. The summed E-state index contributed by atoms with van der Waals surface area (Å²) >= 11 is 6.24. The number of nitrogens with one attached hydrogen (secondary N) is 2. The highest BCUT2D eigenvalue weighted by Crippen LogP contribution is 2.36. The Bertz CT molecular complexity index is 1450. The molecule has 1 amide bonds. The van der Waals surface area contributed by atoms with Crippen molar-refractivity contribution < 1.29 is 14.3 Å². The van der Waals surface area contributed by atoms with E-state index in [4.69, 9.17) is 21.1 Å². The first-order chi connectivity index (χ1) is 18.0. The van der Waals surface area contributed by atoms with Crippen molar-refractivity contribution in [2.24, 2.45) is 0 Å². The lowest BCUT2D eigenvalue weighted by Crippen LogP contribution is -2.31. The fraction of sp³-hybridized carbons (Fsp3) is 0.185. The zero-order chi connectivity index (χ0) is 25.8. The summed E-state index contributed by atoms with van der Waals surface area (Å²) in [6, 6.07) is 21.8. The highest BCUT2D eigenvalue weighted by atomic mass is 35.5. The number of fused-ring (bicyclic) bond motifs is 1. The Morgan fingerprint density at radius 2 is 1.81 bits per heavy atom. The maximum absolute atomic E-state index is 13.6. The molecule has 1 aliphatic heterocycles. The van der Waals surface area contributed by atoms with E-state index in [1.54, 1.807) is 10.7 Å². The first kappa shape index (κ1) is 24.3. The van der Waals surface area contributed by atoms with Gasteiger partial charge in [-0.2, -0.15) is 4.68 Å². The van der Waals surface area contributed by atoms with Crippen molar-refractivity contribution >= 4 is 29.1 Å². The number of ether oxygens (including phenoxy) is 2. The van der Waals surface area contributed by atoms with Crippen molar-refractivity contribution in [3.05, 3.63) is 100 Å². The predicted molar refractivity (Wildman–Crippen MR) is 141 cm³/mol. The SMILES string of the molecule is CCOc1ccccc1NC(=O)C1=C(C)Nc2nnnn2C1c1ccc(OCc2ccccc2Cl)cc1. The Morgan fingerprint density at radius 3 is 2.59 bits per heavy atom. The Morgan fingerprint density at radius 1 is 1.05 bits per heavy atom. The second kappa shape index (κ2) is 10.7. The number of hydrogen-bond donors (Lipinski definition) is 2. The van der Waals surface area contributed by atoms with Gasteiger partial charge >= 0.3 is 0 Å². The maximum atomic E-state index is 13.6. The van der Waals surface area contributed by atoms with Gasteiger partial charge in [0.05, 0.1) is 17.9 Å². The van der Waals surface area contributed by atoms with Crippen LogP contribution in [0.25, 0.3) is 0 Å². The summed E-state index contributed by atoms with van der Waals surface area (Å²) in [6.45, 7) is 4.55. The van der Waals surface area contributed by atoms with Gasteiger partial charge in [-0.25, -0.2) is 0 Å². The van der Waals surface area contributed by atoms with E-state index in [1.807, 2.05) is 80.6 Å². The van der Waals surface area contributed by atoms with Gasteiger partial charge in [0.2, 0.25) is 5.95 Å². The number of aromatic nitrogens is 4. The lowest BCUT2D eigenvalue weighted by molar-refractivity contribution is -0.113. The predicted octanol–water partition coefficient (Wildman–Crippen LogP) is 5.23. The number of anilines is 2. The molecule has 0 saturated heterocycles. The summed E-state index contributed by atoms with van der Waals surface area (Å²) in [4.78, 5) is 13.6. The molecule has 1 atom stereocenters. The van der Waals surface area contributed by atoms with E-state index in [1.165, 1.54) is 0 Å². The van der Waals surface area contributed by atoms with Crippen molar-refractivity contribution in [2.75, 3.05) is 17.2 Å². The molecule has 0 saturated carbocycles. The lowest BCUT2D eigenvalue weighted by Gasteiger charge is -2.28. The number of rotatable bonds is 8. The molecule has 0 spiro atoms. The quantitative estimate of drug-likeness (QED) is 0.330. The first-order valence-electron chi connectivity index (χ1n) is 11.8. The summed E-state index contributed by atoms with van der Waals surface area (Å²) in [7, 11) is 0. The third-order valence-corrected chi connectivity index (χ3v) is 6.31. The van der Waals surface area contributed by atoms with Crippen molar-refractivity contribution in [2.45, 2.75) is 26.5 Å². The van der Waals surface area contributed by atoms with Gasteiger partial charge in [-0.1, -0.05) is 59.2 Å². The largest absolute Gasteiger partial charge is 0.492 e. The van der Waals surface area contributed by atoms with E-state index in [2.05, 4.69) is 26.2 Å². The Labute approximate surface area is 219 Å². The molecule has 2 heterocycles. The molecule has 1 unspecified atom stereocenters. The van der Waals surface area contributed by atoms with Gasteiger partial charge in [-0.15, -0.1) is 0 Å². The average Bonchev–Trinajstić information content (AvgIpc) is 3.37. The smallest absolute Gasteiger partial charge is 0.255 e. The molecule has 0 aliphatic carbocycles. The molecule has 4 aromatic rings. The van der Waals surface area contributed by atoms with Crippen molar-refractivity contribution in [1.29, 1.82) is 0 Å². The van der Waals surface area contributed by atoms with Gasteiger partial charge in [0.25, 0.3) is 5.91 Å². The van der Waals surface area contributed by atoms with Crippen LogP contribution in [0.15, 0.2) is 84.1 Å². The van der Waals surface area contributed by atoms with Crippen LogP contribution >= 0.6 is 11.6 Å². The molecule has 188 valence electrons. The first-order valence-corrected chi connectivity index (χ1v) is 12.2. The third kappa shape index (κ3) is 5.12. The monoisotopic (exact) mass is 516 g/mol. The Balaban J connectivity index is 1.42. The van der Waals surface area contributed by atoms with Crippen LogP contribution < -0.4 is 20.1 Å². The molecule has 3 aromatic carbocycles. The van der Waals surface area contributed by atoms with E-state index < -0.39 is 6.04 Å². The number of tetrazole rings is 1. The molecule has 2 N–H and O–H groups in total. The van der Waals surface area contributed by atoms with E-state index in [9.17, 15) is 4.79 Å². The van der Waals surface area contributed by atoms with Crippen molar-refractivity contribution in [3.8, 4) is 11.5 Å². The highest BCUT2D eigenvalue weighted by Gasteiger charge is 2.34. The van der Waals surface area contributed by atoms with Crippen LogP contribution in [0.1, 0.15) is 31.0 Å². The van der Waals surface area contributed by atoms with Gasteiger partial charge in [-0.3, -0.25) is 4.79 Å². The van der Waals surface area contributed by atoms with E-state index >= 15 is 0 Å². The number of carbonyl (C=O) groups is 1. The normalized spacial score (nSPS) is 14.5. The Hall–Kier alpha value is -4.37. The van der Waals surface area contributed by atoms with Gasteiger partial charge in [0, 0.05) is 16.3 Å². The minimum absolute atomic E-state index is 0.289. The van der Waals surface area contributed by atoms with Crippen LogP contribution in [0.5, 0.6) is 11.5 Å². The lowest BCUT2D eigenvalue weighted by atomic mass is 9.95. The zero-order valence-electron chi connectivity index (χ0n) is 20.3. The van der Waals surface area contributed by atoms with Gasteiger partial charge in [0.15, 0.2) is 0 Å². The maximum Gasteiger partial charge on any atom is 0.255 e. The van der Waals surface area contributed by atoms with Crippen LogP contribution in [0.3, 0.4) is 0 Å². The number of halogens is 1. The number of benzene rings is 3. The molecule has 0 fully saturated rings. The number of allylic oxidation sites excluding steroid dienone is 1. The summed E-state index contributed by atoms with van der Waals surface area (Å²) in [5.74, 6) is 1.43.